The van der Waals surface area contributed by atoms with E-state index in [1.165, 1.54) is 11.1 Å². The first kappa shape index (κ1) is 13.8. The molecule has 0 aliphatic heterocycles. The molecule has 0 saturated carbocycles. The highest BCUT2D eigenvalue weighted by atomic mass is 15.1. The molecule has 3 aromatic rings. The summed E-state index contributed by atoms with van der Waals surface area (Å²) in [5, 5.41) is 10.7. The van der Waals surface area contributed by atoms with E-state index in [1.54, 1.807) is 0 Å². The maximum atomic E-state index is 4.41. The molecule has 0 aliphatic carbocycles. The van der Waals surface area contributed by atoms with Crippen LogP contribution in [0, 0.1) is 13.8 Å². The molecule has 0 unspecified atom stereocenters. The number of benzene rings is 1. The van der Waals surface area contributed by atoms with Crippen molar-refractivity contribution < 1.29 is 0 Å². The Morgan fingerprint density at radius 1 is 1.24 bits per heavy atom. The van der Waals surface area contributed by atoms with Gasteiger partial charge in [-0.15, -0.1) is 0 Å². The topological polar surface area (TPSA) is 58.5 Å². The minimum Gasteiger partial charge on any atom is -0.331 e. The summed E-state index contributed by atoms with van der Waals surface area (Å²) in [6.45, 7) is 6.94. The predicted octanol–water partition coefficient (Wildman–Crippen LogP) is 2.56. The number of aromatic amines is 1. The number of hydrogen-bond donors (Lipinski definition) is 2. The largest absolute Gasteiger partial charge is 0.331 e. The lowest BCUT2D eigenvalue weighted by molar-refractivity contribution is 0.587. The Balaban J connectivity index is 1.48. The van der Waals surface area contributed by atoms with E-state index in [2.05, 4.69) is 50.2 Å². The molecule has 110 valence electrons. The summed E-state index contributed by atoms with van der Waals surface area (Å²) in [7, 11) is 0. The first-order valence-corrected chi connectivity index (χ1v) is 7.37. The van der Waals surface area contributed by atoms with E-state index in [-0.39, 0.29) is 0 Å². The smallest absolute Gasteiger partial charge is 0.0958 e. The van der Waals surface area contributed by atoms with Crippen molar-refractivity contribution in [1.82, 2.24) is 25.1 Å². The summed E-state index contributed by atoms with van der Waals surface area (Å²) < 4.78 is 2.21. The van der Waals surface area contributed by atoms with Crippen molar-refractivity contribution in [3.05, 3.63) is 47.5 Å². The molecule has 0 amide bonds. The quantitative estimate of drug-likeness (QED) is 0.684. The van der Waals surface area contributed by atoms with Gasteiger partial charge in [-0.1, -0.05) is 12.1 Å². The van der Waals surface area contributed by atoms with Crippen LogP contribution in [0.1, 0.15) is 23.4 Å². The summed E-state index contributed by atoms with van der Waals surface area (Å²) >= 11 is 0. The fourth-order valence-corrected chi connectivity index (χ4v) is 2.61. The molecule has 5 heteroatoms. The van der Waals surface area contributed by atoms with Gasteiger partial charge >= 0.3 is 0 Å². The van der Waals surface area contributed by atoms with Gasteiger partial charge in [0, 0.05) is 24.3 Å². The highest BCUT2D eigenvalue weighted by Gasteiger charge is 2.05. The van der Waals surface area contributed by atoms with E-state index in [0.717, 1.165) is 43.0 Å². The highest BCUT2D eigenvalue weighted by Crippen LogP contribution is 2.12. The van der Waals surface area contributed by atoms with Crippen LogP contribution < -0.4 is 5.32 Å². The average Bonchev–Trinajstić information content (AvgIpc) is 3.04. The zero-order valence-corrected chi connectivity index (χ0v) is 12.6. The number of aromatic nitrogens is 4. The van der Waals surface area contributed by atoms with Crippen molar-refractivity contribution in [3.8, 4) is 0 Å². The van der Waals surface area contributed by atoms with Gasteiger partial charge in [0.1, 0.15) is 0 Å². The van der Waals surface area contributed by atoms with E-state index in [9.17, 15) is 0 Å². The zero-order valence-electron chi connectivity index (χ0n) is 12.6. The Morgan fingerprint density at radius 2 is 2.10 bits per heavy atom. The number of para-hydroxylation sites is 2. The van der Waals surface area contributed by atoms with Gasteiger partial charge in [0.15, 0.2) is 0 Å². The van der Waals surface area contributed by atoms with Crippen molar-refractivity contribution in [2.45, 2.75) is 33.4 Å². The van der Waals surface area contributed by atoms with E-state index in [1.807, 2.05) is 19.3 Å². The first-order chi connectivity index (χ1) is 10.3. The average molecular weight is 283 g/mol. The molecule has 5 nitrogen and oxygen atoms in total. The monoisotopic (exact) mass is 283 g/mol. The predicted molar refractivity (Wildman–Crippen MR) is 84.1 cm³/mol. The Labute approximate surface area is 124 Å². The van der Waals surface area contributed by atoms with Gasteiger partial charge in [0.25, 0.3) is 0 Å². The molecular formula is C16H21N5. The molecule has 0 fully saturated rings. The van der Waals surface area contributed by atoms with Crippen LogP contribution in [0.2, 0.25) is 0 Å². The molecule has 0 saturated heterocycles. The third-order valence-electron chi connectivity index (χ3n) is 3.86. The molecule has 2 heterocycles. The van der Waals surface area contributed by atoms with Crippen LogP contribution in [-0.4, -0.2) is 26.3 Å². The van der Waals surface area contributed by atoms with Gasteiger partial charge < -0.3 is 9.88 Å². The SMILES string of the molecule is Cc1n[nH]c(C)c1CNCCCn1cnc2ccccc21. The third kappa shape index (κ3) is 2.97. The van der Waals surface area contributed by atoms with Crippen molar-refractivity contribution in [1.29, 1.82) is 0 Å². The van der Waals surface area contributed by atoms with Crippen LogP contribution in [0.25, 0.3) is 11.0 Å². The Bertz CT molecular complexity index is 706. The zero-order chi connectivity index (χ0) is 14.7. The van der Waals surface area contributed by atoms with Crippen LogP contribution in [0.15, 0.2) is 30.6 Å². The maximum Gasteiger partial charge on any atom is 0.0958 e. The van der Waals surface area contributed by atoms with Crippen molar-refractivity contribution in [2.24, 2.45) is 0 Å². The first-order valence-electron chi connectivity index (χ1n) is 7.37. The number of nitrogens with one attached hydrogen (secondary N) is 2. The van der Waals surface area contributed by atoms with Crippen LogP contribution in [0.4, 0.5) is 0 Å². The molecule has 0 atom stereocenters. The van der Waals surface area contributed by atoms with E-state index < -0.39 is 0 Å². The molecule has 0 spiro atoms. The Hall–Kier alpha value is -2.14. The van der Waals surface area contributed by atoms with Crippen molar-refractivity contribution >= 4 is 11.0 Å². The Morgan fingerprint density at radius 3 is 2.90 bits per heavy atom. The van der Waals surface area contributed by atoms with Crippen molar-refractivity contribution in [3.63, 3.8) is 0 Å². The summed E-state index contributed by atoms with van der Waals surface area (Å²) in [5.74, 6) is 0. The number of aryl methyl sites for hydroxylation is 3. The molecule has 2 N–H and O–H groups in total. The lowest BCUT2D eigenvalue weighted by Gasteiger charge is -2.06. The maximum absolute atomic E-state index is 4.41. The molecule has 1 aromatic carbocycles. The van der Waals surface area contributed by atoms with Gasteiger partial charge in [0.2, 0.25) is 0 Å². The van der Waals surface area contributed by atoms with Crippen LogP contribution in [-0.2, 0) is 13.1 Å². The van der Waals surface area contributed by atoms with Gasteiger partial charge in [0.05, 0.1) is 23.1 Å². The van der Waals surface area contributed by atoms with Gasteiger partial charge in [-0.2, -0.15) is 5.10 Å². The summed E-state index contributed by atoms with van der Waals surface area (Å²) in [6, 6.07) is 8.25. The number of fused-ring (bicyclic) bond motifs is 1. The lowest BCUT2D eigenvalue weighted by atomic mass is 10.2. The van der Waals surface area contributed by atoms with Gasteiger partial charge in [-0.3, -0.25) is 5.10 Å². The molecule has 0 aliphatic rings. The second-order valence-electron chi connectivity index (χ2n) is 5.37. The number of H-pyrrole nitrogens is 1. The Kier molecular flexibility index (Phi) is 4.01. The summed E-state index contributed by atoms with van der Waals surface area (Å²) in [4.78, 5) is 4.41. The van der Waals surface area contributed by atoms with Gasteiger partial charge in [-0.05, 0) is 38.9 Å². The number of imidazole rings is 1. The summed E-state index contributed by atoms with van der Waals surface area (Å²) in [6.07, 6.45) is 3.01. The molecule has 3 rings (SSSR count). The molecular weight excluding hydrogens is 262 g/mol. The summed E-state index contributed by atoms with van der Waals surface area (Å²) in [5.41, 5.74) is 5.79. The number of nitrogens with zero attached hydrogens (tertiary/aromatic N) is 3. The molecule has 0 bridgehead atoms. The number of rotatable bonds is 6. The minimum absolute atomic E-state index is 0.874. The normalized spacial score (nSPS) is 11.3. The lowest BCUT2D eigenvalue weighted by Crippen LogP contribution is -2.17. The van der Waals surface area contributed by atoms with Crippen LogP contribution in [0.3, 0.4) is 0 Å². The van der Waals surface area contributed by atoms with E-state index in [0.29, 0.717) is 0 Å². The minimum atomic E-state index is 0.874. The van der Waals surface area contributed by atoms with E-state index in [4.69, 9.17) is 0 Å². The van der Waals surface area contributed by atoms with E-state index >= 15 is 0 Å². The fraction of sp³-hybridized carbons (Fsp3) is 0.375. The van der Waals surface area contributed by atoms with Crippen LogP contribution >= 0.6 is 0 Å². The van der Waals surface area contributed by atoms with Gasteiger partial charge in [-0.25, -0.2) is 4.98 Å². The molecule has 21 heavy (non-hydrogen) atoms. The second kappa shape index (κ2) is 6.10. The third-order valence-corrected chi connectivity index (χ3v) is 3.86. The number of hydrogen-bond acceptors (Lipinski definition) is 3. The highest BCUT2D eigenvalue weighted by molar-refractivity contribution is 5.74. The second-order valence-corrected chi connectivity index (χ2v) is 5.37. The fourth-order valence-electron chi connectivity index (χ4n) is 2.61. The van der Waals surface area contributed by atoms with Crippen LogP contribution in [0.5, 0.6) is 0 Å². The molecule has 2 aromatic heterocycles. The van der Waals surface area contributed by atoms with Crippen molar-refractivity contribution in [2.75, 3.05) is 6.54 Å². The standard InChI is InChI=1S/C16H21N5/c1-12-14(13(2)20-19-12)10-17-8-5-9-21-11-18-15-6-3-4-7-16(15)21/h3-4,6-7,11,17H,5,8-10H2,1-2H3,(H,19,20). The molecule has 0 radical (unpaired) electrons.